The molecular formula is C24H32N6O. The lowest BCUT2D eigenvalue weighted by atomic mass is 9.98. The number of rotatable bonds is 7. The zero-order valence-electron chi connectivity index (χ0n) is 18.9. The average molecular weight is 421 g/mol. The number of hydrogen-bond donors (Lipinski definition) is 0. The summed E-state index contributed by atoms with van der Waals surface area (Å²) in [5, 5.41) is 13.0. The van der Waals surface area contributed by atoms with Crippen molar-refractivity contribution in [3.8, 4) is 5.75 Å². The van der Waals surface area contributed by atoms with Crippen molar-refractivity contribution in [2.45, 2.75) is 38.8 Å². The molecule has 1 aliphatic heterocycles. The van der Waals surface area contributed by atoms with Gasteiger partial charge in [-0.1, -0.05) is 43.3 Å². The summed E-state index contributed by atoms with van der Waals surface area (Å²) in [6.45, 7) is 10.3. The minimum absolute atomic E-state index is 0.0742. The SMILES string of the molecule is CCC(C)(C)n1nnnc1C(c1ccccc1OC)N1CCN(c2ccccc2)CC1. The standard InChI is InChI=1S/C24H32N6O/c1-5-24(2,3)30-23(25-26-27-30)22(20-13-9-10-14-21(20)31-4)29-17-15-28(16-18-29)19-11-7-6-8-12-19/h6-14,22H,5,15-18H2,1-4H3. The molecule has 2 heterocycles. The molecule has 3 aromatic rings. The molecule has 1 unspecified atom stereocenters. The van der Waals surface area contributed by atoms with Crippen LogP contribution >= 0.6 is 0 Å². The molecule has 1 atom stereocenters. The van der Waals surface area contributed by atoms with Crippen molar-refractivity contribution < 1.29 is 4.74 Å². The number of benzene rings is 2. The molecule has 1 aliphatic rings. The normalized spacial score (nSPS) is 16.3. The van der Waals surface area contributed by atoms with E-state index in [1.54, 1.807) is 7.11 Å². The Morgan fingerprint density at radius 3 is 2.32 bits per heavy atom. The van der Waals surface area contributed by atoms with E-state index in [1.165, 1.54) is 5.69 Å². The second kappa shape index (κ2) is 9.06. The molecule has 4 rings (SSSR count). The zero-order chi connectivity index (χ0) is 21.8. The highest BCUT2D eigenvalue weighted by Crippen LogP contribution is 2.36. The maximum absolute atomic E-state index is 5.74. The third kappa shape index (κ3) is 4.28. The number of hydrogen-bond acceptors (Lipinski definition) is 6. The van der Waals surface area contributed by atoms with E-state index < -0.39 is 0 Å². The summed E-state index contributed by atoms with van der Waals surface area (Å²) >= 11 is 0. The van der Waals surface area contributed by atoms with Crippen LogP contribution in [0.5, 0.6) is 5.75 Å². The van der Waals surface area contributed by atoms with Crippen LogP contribution in [-0.2, 0) is 5.54 Å². The summed E-state index contributed by atoms with van der Waals surface area (Å²) in [6.07, 6.45) is 0.936. The summed E-state index contributed by atoms with van der Waals surface area (Å²) in [4.78, 5) is 4.92. The van der Waals surface area contributed by atoms with Gasteiger partial charge in [-0.2, -0.15) is 0 Å². The van der Waals surface area contributed by atoms with Crippen LogP contribution in [-0.4, -0.2) is 58.4 Å². The van der Waals surface area contributed by atoms with Crippen LogP contribution in [0.4, 0.5) is 5.69 Å². The van der Waals surface area contributed by atoms with Gasteiger partial charge in [0.2, 0.25) is 0 Å². The molecule has 31 heavy (non-hydrogen) atoms. The van der Waals surface area contributed by atoms with E-state index in [2.05, 4.69) is 88.6 Å². The summed E-state index contributed by atoms with van der Waals surface area (Å²) in [5.41, 5.74) is 2.19. The van der Waals surface area contributed by atoms with Gasteiger partial charge in [0.05, 0.1) is 12.6 Å². The van der Waals surface area contributed by atoms with Crippen LogP contribution < -0.4 is 9.64 Å². The van der Waals surface area contributed by atoms with Gasteiger partial charge in [-0.3, -0.25) is 4.90 Å². The molecule has 164 valence electrons. The van der Waals surface area contributed by atoms with Crippen molar-refractivity contribution >= 4 is 5.69 Å². The molecule has 1 fully saturated rings. The van der Waals surface area contributed by atoms with E-state index in [-0.39, 0.29) is 11.6 Å². The van der Waals surface area contributed by atoms with E-state index in [9.17, 15) is 0 Å². The lowest BCUT2D eigenvalue weighted by molar-refractivity contribution is 0.184. The zero-order valence-corrected chi connectivity index (χ0v) is 18.9. The maximum atomic E-state index is 5.74. The number of tetrazole rings is 1. The number of aromatic nitrogens is 4. The Morgan fingerprint density at radius 1 is 0.968 bits per heavy atom. The predicted molar refractivity (Wildman–Crippen MR) is 122 cm³/mol. The quantitative estimate of drug-likeness (QED) is 0.580. The second-order valence-corrected chi connectivity index (χ2v) is 8.62. The van der Waals surface area contributed by atoms with Crippen LogP contribution in [0, 0.1) is 0 Å². The van der Waals surface area contributed by atoms with Crippen molar-refractivity contribution in [3.05, 3.63) is 66.0 Å². The Morgan fingerprint density at radius 2 is 1.65 bits per heavy atom. The van der Waals surface area contributed by atoms with E-state index in [0.29, 0.717) is 0 Å². The summed E-state index contributed by atoms with van der Waals surface area (Å²) < 4.78 is 7.74. The number of nitrogens with zero attached hydrogens (tertiary/aromatic N) is 6. The molecule has 0 saturated carbocycles. The molecule has 0 radical (unpaired) electrons. The topological polar surface area (TPSA) is 59.3 Å². The van der Waals surface area contributed by atoms with Crippen molar-refractivity contribution in [2.24, 2.45) is 0 Å². The van der Waals surface area contributed by atoms with Gasteiger partial charge in [-0.05, 0) is 48.9 Å². The Kier molecular flexibility index (Phi) is 6.23. The summed E-state index contributed by atoms with van der Waals surface area (Å²) in [7, 11) is 1.72. The molecule has 0 spiro atoms. The Bertz CT molecular complexity index is 978. The molecular weight excluding hydrogens is 388 g/mol. The van der Waals surface area contributed by atoms with E-state index in [0.717, 1.165) is 49.7 Å². The lowest BCUT2D eigenvalue weighted by Gasteiger charge is -2.40. The Labute approximate surface area is 184 Å². The molecule has 7 nitrogen and oxygen atoms in total. The first-order valence-corrected chi connectivity index (χ1v) is 11.0. The van der Waals surface area contributed by atoms with E-state index in [4.69, 9.17) is 4.74 Å². The highest BCUT2D eigenvalue weighted by atomic mass is 16.5. The molecule has 0 aliphatic carbocycles. The number of ether oxygens (including phenoxy) is 1. The fourth-order valence-corrected chi connectivity index (χ4v) is 4.21. The largest absolute Gasteiger partial charge is 0.496 e. The smallest absolute Gasteiger partial charge is 0.173 e. The Balaban J connectivity index is 1.69. The number of para-hydroxylation sites is 2. The lowest BCUT2D eigenvalue weighted by Crippen LogP contribution is -2.49. The monoisotopic (exact) mass is 420 g/mol. The van der Waals surface area contributed by atoms with E-state index in [1.807, 2.05) is 16.8 Å². The van der Waals surface area contributed by atoms with Crippen molar-refractivity contribution in [3.63, 3.8) is 0 Å². The fourth-order valence-electron chi connectivity index (χ4n) is 4.21. The minimum atomic E-state index is -0.176. The molecule has 1 saturated heterocycles. The highest BCUT2D eigenvalue weighted by molar-refractivity contribution is 5.46. The molecule has 0 bridgehead atoms. The van der Waals surface area contributed by atoms with Crippen LogP contribution in [0.1, 0.15) is 44.6 Å². The van der Waals surface area contributed by atoms with Crippen molar-refractivity contribution in [1.82, 2.24) is 25.1 Å². The summed E-state index contributed by atoms with van der Waals surface area (Å²) in [6, 6.07) is 18.8. The molecule has 1 aromatic heterocycles. The van der Waals surface area contributed by atoms with Gasteiger partial charge < -0.3 is 9.64 Å². The van der Waals surface area contributed by atoms with Gasteiger partial charge in [-0.15, -0.1) is 5.10 Å². The third-order valence-corrected chi connectivity index (χ3v) is 6.41. The molecule has 7 heteroatoms. The van der Waals surface area contributed by atoms with Crippen LogP contribution in [0.3, 0.4) is 0 Å². The second-order valence-electron chi connectivity index (χ2n) is 8.62. The first kappa shape index (κ1) is 21.3. The average Bonchev–Trinajstić information content (AvgIpc) is 3.31. The molecule has 0 N–H and O–H groups in total. The third-order valence-electron chi connectivity index (χ3n) is 6.41. The van der Waals surface area contributed by atoms with Gasteiger partial charge in [0.15, 0.2) is 5.82 Å². The predicted octanol–water partition coefficient (Wildman–Crippen LogP) is 3.74. The van der Waals surface area contributed by atoms with Crippen LogP contribution in [0.25, 0.3) is 0 Å². The first-order chi connectivity index (χ1) is 15.0. The number of piperazine rings is 1. The van der Waals surface area contributed by atoms with Gasteiger partial charge in [0.1, 0.15) is 11.8 Å². The van der Waals surface area contributed by atoms with Gasteiger partial charge in [0.25, 0.3) is 0 Å². The highest BCUT2D eigenvalue weighted by Gasteiger charge is 2.35. The number of anilines is 1. The number of methoxy groups -OCH3 is 1. The van der Waals surface area contributed by atoms with Gasteiger partial charge in [0, 0.05) is 37.4 Å². The fraction of sp³-hybridized carbons (Fsp3) is 0.458. The van der Waals surface area contributed by atoms with Crippen LogP contribution in [0.2, 0.25) is 0 Å². The van der Waals surface area contributed by atoms with Crippen molar-refractivity contribution in [2.75, 3.05) is 38.2 Å². The summed E-state index contributed by atoms with van der Waals surface area (Å²) in [5.74, 6) is 1.73. The minimum Gasteiger partial charge on any atom is -0.496 e. The van der Waals surface area contributed by atoms with Gasteiger partial charge in [-0.25, -0.2) is 4.68 Å². The molecule has 0 amide bonds. The Hall–Kier alpha value is -2.93. The molecule has 2 aromatic carbocycles. The van der Waals surface area contributed by atoms with Crippen LogP contribution in [0.15, 0.2) is 54.6 Å². The maximum Gasteiger partial charge on any atom is 0.173 e. The van der Waals surface area contributed by atoms with Crippen molar-refractivity contribution in [1.29, 1.82) is 0 Å². The first-order valence-electron chi connectivity index (χ1n) is 11.0. The van der Waals surface area contributed by atoms with E-state index >= 15 is 0 Å². The van der Waals surface area contributed by atoms with Gasteiger partial charge >= 0.3 is 0 Å².